The maximum absolute atomic E-state index is 12.5. The predicted octanol–water partition coefficient (Wildman–Crippen LogP) is 0.987. The van der Waals surface area contributed by atoms with E-state index >= 15 is 0 Å². The molecule has 1 fully saturated rings. The second kappa shape index (κ2) is 4.87. The zero-order valence-electron chi connectivity index (χ0n) is 10.6. The fourth-order valence-electron chi connectivity index (χ4n) is 1.98. The third-order valence-corrected chi connectivity index (χ3v) is 5.17. The molecular formula is C12H18N2O3S. The third-order valence-electron chi connectivity index (χ3n) is 3.16. The van der Waals surface area contributed by atoms with Crippen LogP contribution in [0, 0.1) is 6.92 Å². The van der Waals surface area contributed by atoms with Gasteiger partial charge in [0.15, 0.2) is 0 Å². The molecule has 100 valence electrons. The molecule has 1 heterocycles. The van der Waals surface area contributed by atoms with Gasteiger partial charge in [0, 0.05) is 18.3 Å². The molecular weight excluding hydrogens is 252 g/mol. The van der Waals surface area contributed by atoms with Crippen molar-refractivity contribution >= 4 is 15.7 Å². The van der Waals surface area contributed by atoms with Crippen LogP contribution in [0.4, 0.5) is 5.69 Å². The standard InChI is InChI=1S/C12H18N2O3S/c1-9-3-4-11(7-12(9)13)18(15,16)14-5-6-17-8-10(14)2/h3-4,7,10H,5-6,8,13H2,1-2H3/t10-/m1/s1. The van der Waals surface area contributed by atoms with Gasteiger partial charge >= 0.3 is 0 Å². The van der Waals surface area contributed by atoms with Crippen LogP contribution >= 0.6 is 0 Å². The van der Waals surface area contributed by atoms with Gasteiger partial charge in [-0.15, -0.1) is 0 Å². The lowest BCUT2D eigenvalue weighted by atomic mass is 10.2. The van der Waals surface area contributed by atoms with E-state index in [1.807, 2.05) is 13.8 Å². The Labute approximate surface area is 108 Å². The van der Waals surface area contributed by atoms with Crippen molar-refractivity contribution in [3.05, 3.63) is 23.8 Å². The first kappa shape index (κ1) is 13.3. The fraction of sp³-hybridized carbons (Fsp3) is 0.500. The third kappa shape index (κ3) is 2.36. The number of nitrogens with zero attached hydrogens (tertiary/aromatic N) is 1. The number of hydrogen-bond acceptors (Lipinski definition) is 4. The van der Waals surface area contributed by atoms with E-state index < -0.39 is 10.0 Å². The molecule has 5 nitrogen and oxygen atoms in total. The number of nitrogen functional groups attached to an aromatic ring is 1. The van der Waals surface area contributed by atoms with Crippen molar-refractivity contribution in [1.82, 2.24) is 4.31 Å². The molecule has 0 bridgehead atoms. The number of benzene rings is 1. The minimum Gasteiger partial charge on any atom is -0.398 e. The SMILES string of the molecule is Cc1ccc(S(=O)(=O)N2CCOC[C@H]2C)cc1N. The van der Waals surface area contributed by atoms with E-state index in [9.17, 15) is 8.42 Å². The Bertz CT molecular complexity index is 542. The quantitative estimate of drug-likeness (QED) is 0.813. The second-order valence-electron chi connectivity index (χ2n) is 4.56. The van der Waals surface area contributed by atoms with Crippen molar-refractivity contribution in [2.75, 3.05) is 25.5 Å². The van der Waals surface area contributed by atoms with E-state index in [0.717, 1.165) is 5.56 Å². The highest BCUT2D eigenvalue weighted by Crippen LogP contribution is 2.23. The first-order valence-electron chi connectivity index (χ1n) is 5.88. The van der Waals surface area contributed by atoms with Gasteiger partial charge in [0.1, 0.15) is 0 Å². The maximum Gasteiger partial charge on any atom is 0.243 e. The summed E-state index contributed by atoms with van der Waals surface area (Å²) in [6.45, 7) is 4.94. The number of morpholine rings is 1. The molecule has 0 unspecified atom stereocenters. The highest BCUT2D eigenvalue weighted by atomic mass is 32.2. The van der Waals surface area contributed by atoms with Crippen molar-refractivity contribution in [3.8, 4) is 0 Å². The van der Waals surface area contributed by atoms with Crippen molar-refractivity contribution in [2.45, 2.75) is 24.8 Å². The van der Waals surface area contributed by atoms with Crippen LogP contribution in [0.15, 0.2) is 23.1 Å². The Kier molecular flexibility index (Phi) is 3.61. The maximum atomic E-state index is 12.5. The normalized spacial score (nSPS) is 22.0. The molecule has 1 aliphatic rings. The highest BCUT2D eigenvalue weighted by Gasteiger charge is 2.31. The summed E-state index contributed by atoms with van der Waals surface area (Å²) in [5.74, 6) is 0. The lowest BCUT2D eigenvalue weighted by molar-refractivity contribution is 0.0393. The molecule has 1 aromatic carbocycles. The van der Waals surface area contributed by atoms with Crippen LogP contribution in [0.1, 0.15) is 12.5 Å². The summed E-state index contributed by atoms with van der Waals surface area (Å²) in [6, 6.07) is 4.70. The van der Waals surface area contributed by atoms with Gasteiger partial charge in [-0.1, -0.05) is 6.07 Å². The first-order chi connectivity index (χ1) is 8.43. The summed E-state index contributed by atoms with van der Waals surface area (Å²) >= 11 is 0. The zero-order valence-corrected chi connectivity index (χ0v) is 11.4. The molecule has 0 aromatic heterocycles. The van der Waals surface area contributed by atoms with E-state index in [1.54, 1.807) is 12.1 Å². The lowest BCUT2D eigenvalue weighted by Gasteiger charge is -2.32. The molecule has 0 saturated carbocycles. The number of ether oxygens (including phenoxy) is 1. The number of anilines is 1. The summed E-state index contributed by atoms with van der Waals surface area (Å²) in [5.41, 5.74) is 7.15. The van der Waals surface area contributed by atoms with Gasteiger partial charge in [0.05, 0.1) is 18.1 Å². The van der Waals surface area contributed by atoms with Crippen LogP contribution in [-0.2, 0) is 14.8 Å². The van der Waals surface area contributed by atoms with Gasteiger partial charge < -0.3 is 10.5 Å². The van der Waals surface area contributed by atoms with Gasteiger partial charge in [0.25, 0.3) is 0 Å². The van der Waals surface area contributed by atoms with Crippen LogP contribution in [0.3, 0.4) is 0 Å². The van der Waals surface area contributed by atoms with Gasteiger partial charge in [0.2, 0.25) is 10.0 Å². The van der Waals surface area contributed by atoms with Gasteiger partial charge in [-0.2, -0.15) is 4.31 Å². The zero-order chi connectivity index (χ0) is 13.3. The number of nitrogens with two attached hydrogens (primary N) is 1. The van der Waals surface area contributed by atoms with E-state index in [4.69, 9.17) is 10.5 Å². The summed E-state index contributed by atoms with van der Waals surface area (Å²) in [4.78, 5) is 0.249. The van der Waals surface area contributed by atoms with Crippen LogP contribution in [-0.4, -0.2) is 38.5 Å². The van der Waals surface area contributed by atoms with Crippen LogP contribution in [0.25, 0.3) is 0 Å². The van der Waals surface area contributed by atoms with E-state index in [0.29, 0.717) is 25.4 Å². The number of sulfonamides is 1. The average Bonchev–Trinajstić information content (AvgIpc) is 2.33. The first-order valence-corrected chi connectivity index (χ1v) is 7.32. The number of hydrogen-bond donors (Lipinski definition) is 1. The molecule has 1 aromatic rings. The molecule has 1 aliphatic heterocycles. The molecule has 2 rings (SSSR count). The minimum absolute atomic E-state index is 0.147. The fourth-order valence-corrected chi connectivity index (χ4v) is 3.62. The van der Waals surface area contributed by atoms with Gasteiger partial charge in [-0.05, 0) is 31.5 Å². The number of aryl methyl sites for hydroxylation is 1. The molecule has 0 radical (unpaired) electrons. The Morgan fingerprint density at radius 2 is 2.17 bits per heavy atom. The highest BCUT2D eigenvalue weighted by molar-refractivity contribution is 7.89. The molecule has 0 amide bonds. The Morgan fingerprint density at radius 3 is 2.78 bits per heavy atom. The van der Waals surface area contributed by atoms with Crippen LogP contribution in [0.5, 0.6) is 0 Å². The van der Waals surface area contributed by atoms with Crippen molar-refractivity contribution < 1.29 is 13.2 Å². The molecule has 1 atom stereocenters. The summed E-state index contributed by atoms with van der Waals surface area (Å²) in [7, 11) is -3.48. The second-order valence-corrected chi connectivity index (χ2v) is 6.45. The molecule has 0 spiro atoms. The van der Waals surface area contributed by atoms with Gasteiger partial charge in [-0.3, -0.25) is 0 Å². The Balaban J connectivity index is 2.37. The van der Waals surface area contributed by atoms with Crippen LogP contribution < -0.4 is 5.73 Å². The smallest absolute Gasteiger partial charge is 0.243 e. The van der Waals surface area contributed by atoms with Gasteiger partial charge in [-0.25, -0.2) is 8.42 Å². The number of rotatable bonds is 2. The van der Waals surface area contributed by atoms with Crippen molar-refractivity contribution in [3.63, 3.8) is 0 Å². The molecule has 2 N–H and O–H groups in total. The predicted molar refractivity (Wildman–Crippen MR) is 69.8 cm³/mol. The Hall–Kier alpha value is -1.11. The molecule has 0 aliphatic carbocycles. The summed E-state index contributed by atoms with van der Waals surface area (Å²) < 4.78 is 31.7. The topological polar surface area (TPSA) is 72.6 Å². The molecule has 1 saturated heterocycles. The van der Waals surface area contributed by atoms with Crippen LogP contribution in [0.2, 0.25) is 0 Å². The Morgan fingerprint density at radius 1 is 1.44 bits per heavy atom. The van der Waals surface area contributed by atoms with E-state index in [-0.39, 0.29) is 10.9 Å². The molecule has 18 heavy (non-hydrogen) atoms. The average molecular weight is 270 g/mol. The van der Waals surface area contributed by atoms with Crippen molar-refractivity contribution in [2.24, 2.45) is 0 Å². The van der Waals surface area contributed by atoms with E-state index in [2.05, 4.69) is 0 Å². The largest absolute Gasteiger partial charge is 0.398 e. The molecule has 6 heteroatoms. The monoisotopic (exact) mass is 270 g/mol. The minimum atomic E-state index is -3.48. The summed E-state index contributed by atoms with van der Waals surface area (Å²) in [5, 5.41) is 0. The van der Waals surface area contributed by atoms with Crippen molar-refractivity contribution in [1.29, 1.82) is 0 Å². The summed E-state index contributed by atoms with van der Waals surface area (Å²) in [6.07, 6.45) is 0. The van der Waals surface area contributed by atoms with E-state index in [1.165, 1.54) is 10.4 Å². The lowest BCUT2D eigenvalue weighted by Crippen LogP contribution is -2.46.